The van der Waals surface area contributed by atoms with Crippen LogP contribution in [-0.4, -0.2) is 14.4 Å². The van der Waals surface area contributed by atoms with Gasteiger partial charge in [0.05, 0.1) is 16.4 Å². The SMILES string of the molecule is c1ccc(C2(c3ccccc3)c3ccccc3-c3ccc(-c4ccc5c(ccc6cc7nc8cc(-c9ccncc9)ccn8c7cc65)c4)cc32)cc1. The van der Waals surface area contributed by atoms with Crippen molar-refractivity contribution < 1.29 is 0 Å². The van der Waals surface area contributed by atoms with Crippen molar-refractivity contribution in [2.45, 2.75) is 5.41 Å². The van der Waals surface area contributed by atoms with Gasteiger partial charge in [0.15, 0.2) is 0 Å². The Morgan fingerprint density at radius 1 is 0.442 bits per heavy atom. The van der Waals surface area contributed by atoms with E-state index in [9.17, 15) is 0 Å². The summed E-state index contributed by atoms with van der Waals surface area (Å²) in [6.45, 7) is 0. The van der Waals surface area contributed by atoms with Crippen LogP contribution >= 0.6 is 0 Å². The number of pyridine rings is 2. The first-order chi connectivity index (χ1) is 25.8. The van der Waals surface area contributed by atoms with Gasteiger partial charge in [0.25, 0.3) is 0 Å². The lowest BCUT2D eigenvalue weighted by Gasteiger charge is -2.34. The number of imidazole rings is 1. The summed E-state index contributed by atoms with van der Waals surface area (Å²) in [5, 5.41) is 4.88. The van der Waals surface area contributed by atoms with Crippen LogP contribution in [0.4, 0.5) is 0 Å². The van der Waals surface area contributed by atoms with Gasteiger partial charge in [-0.1, -0.05) is 121 Å². The second-order valence-corrected chi connectivity index (χ2v) is 13.8. The second kappa shape index (κ2) is 11.1. The molecule has 7 aromatic carbocycles. The summed E-state index contributed by atoms with van der Waals surface area (Å²) in [6.07, 6.45) is 5.79. The molecule has 1 aliphatic rings. The van der Waals surface area contributed by atoms with Gasteiger partial charge in [-0.25, -0.2) is 4.98 Å². The van der Waals surface area contributed by atoms with Gasteiger partial charge in [0.1, 0.15) is 5.65 Å². The average Bonchev–Trinajstić information content (AvgIpc) is 3.73. The van der Waals surface area contributed by atoms with Gasteiger partial charge in [0.2, 0.25) is 0 Å². The highest BCUT2D eigenvalue weighted by molar-refractivity contribution is 6.12. The van der Waals surface area contributed by atoms with Gasteiger partial charge in [0, 0.05) is 18.6 Å². The van der Waals surface area contributed by atoms with Crippen LogP contribution in [0.25, 0.3) is 71.6 Å². The Labute approximate surface area is 301 Å². The largest absolute Gasteiger partial charge is 0.300 e. The first-order valence-electron chi connectivity index (χ1n) is 17.8. The Balaban J connectivity index is 1.07. The summed E-state index contributed by atoms with van der Waals surface area (Å²) in [6, 6.07) is 62.4. The number of rotatable bonds is 4. The second-order valence-electron chi connectivity index (χ2n) is 13.8. The molecule has 52 heavy (non-hydrogen) atoms. The van der Waals surface area contributed by atoms with E-state index in [2.05, 4.69) is 173 Å². The third-order valence-corrected chi connectivity index (χ3v) is 11.2. The van der Waals surface area contributed by atoms with Crippen LogP contribution in [0.2, 0.25) is 0 Å². The molecule has 3 heterocycles. The molecular weight excluding hydrogens is 631 g/mol. The van der Waals surface area contributed by atoms with Crippen LogP contribution in [0.3, 0.4) is 0 Å². The van der Waals surface area contributed by atoms with Crippen LogP contribution in [0.15, 0.2) is 188 Å². The zero-order chi connectivity index (χ0) is 34.2. The fourth-order valence-electron chi connectivity index (χ4n) is 8.80. The molecule has 0 amide bonds. The molecule has 3 aromatic heterocycles. The molecule has 0 radical (unpaired) electrons. The Bertz CT molecular complexity index is 2960. The Morgan fingerprint density at radius 2 is 1.10 bits per heavy atom. The highest BCUT2D eigenvalue weighted by atomic mass is 15.0. The van der Waals surface area contributed by atoms with Crippen LogP contribution in [0.1, 0.15) is 22.3 Å². The molecule has 0 saturated heterocycles. The lowest BCUT2D eigenvalue weighted by molar-refractivity contribution is 0.769. The maximum Gasteiger partial charge on any atom is 0.138 e. The number of nitrogens with zero attached hydrogens (tertiary/aromatic N) is 3. The number of hydrogen-bond donors (Lipinski definition) is 0. The molecule has 0 aliphatic heterocycles. The van der Waals surface area contributed by atoms with Crippen molar-refractivity contribution in [3.63, 3.8) is 0 Å². The third-order valence-electron chi connectivity index (χ3n) is 11.2. The maximum atomic E-state index is 5.03. The quantitative estimate of drug-likeness (QED) is 0.176. The van der Waals surface area contributed by atoms with E-state index in [1.54, 1.807) is 0 Å². The third kappa shape index (κ3) is 4.14. The van der Waals surface area contributed by atoms with Gasteiger partial charge in [-0.05, 0) is 126 Å². The van der Waals surface area contributed by atoms with Crippen LogP contribution < -0.4 is 0 Å². The summed E-state index contributed by atoms with van der Waals surface area (Å²) in [7, 11) is 0. The van der Waals surface area contributed by atoms with E-state index in [-0.39, 0.29) is 0 Å². The molecule has 3 heteroatoms. The molecule has 0 N–H and O–H groups in total. The Hall–Kier alpha value is -6.84. The number of fused-ring (bicyclic) bond motifs is 9. The molecule has 0 fully saturated rings. The normalized spacial score (nSPS) is 13.2. The first kappa shape index (κ1) is 28.9. The van der Waals surface area contributed by atoms with E-state index in [0.29, 0.717) is 0 Å². The van der Waals surface area contributed by atoms with E-state index < -0.39 is 5.41 Å². The lowest BCUT2D eigenvalue weighted by Crippen LogP contribution is -2.28. The molecule has 1 aliphatic carbocycles. The monoisotopic (exact) mass is 661 g/mol. The zero-order valence-corrected chi connectivity index (χ0v) is 28.2. The fraction of sp³-hybridized carbons (Fsp3) is 0.0204. The molecule has 3 nitrogen and oxygen atoms in total. The Kier molecular flexibility index (Phi) is 6.17. The summed E-state index contributed by atoms with van der Waals surface area (Å²) < 4.78 is 2.20. The standard InChI is InChI=1S/C49H31N3/c1-3-9-38(10-4-1)49(39-11-5-2-6-12-39)44-14-8-7-13-41(44)42-20-18-34(28-45(42)49)33-17-19-40-36(27-33)15-16-37-29-46-47(31-43(37)40)52-26-23-35(30-48(52)51-46)32-21-24-50-25-22-32/h1-31H. The molecule has 242 valence electrons. The molecular formula is C49H31N3. The van der Waals surface area contributed by atoms with Crippen molar-refractivity contribution in [1.82, 2.24) is 14.4 Å². The van der Waals surface area contributed by atoms with Gasteiger partial charge < -0.3 is 0 Å². The van der Waals surface area contributed by atoms with E-state index in [1.165, 1.54) is 66.1 Å². The summed E-state index contributed by atoms with van der Waals surface area (Å²) >= 11 is 0. The van der Waals surface area contributed by atoms with Crippen molar-refractivity contribution in [3.8, 4) is 33.4 Å². The van der Waals surface area contributed by atoms with Crippen molar-refractivity contribution >= 4 is 38.2 Å². The number of aromatic nitrogens is 3. The minimum atomic E-state index is -0.421. The van der Waals surface area contributed by atoms with Gasteiger partial charge in [-0.2, -0.15) is 0 Å². The number of benzene rings is 7. The summed E-state index contributed by atoms with van der Waals surface area (Å²) in [5.74, 6) is 0. The van der Waals surface area contributed by atoms with E-state index >= 15 is 0 Å². The molecule has 11 rings (SSSR count). The van der Waals surface area contributed by atoms with Crippen molar-refractivity contribution in [3.05, 3.63) is 211 Å². The van der Waals surface area contributed by atoms with E-state index in [0.717, 1.165) is 27.8 Å². The van der Waals surface area contributed by atoms with Crippen LogP contribution in [0.5, 0.6) is 0 Å². The molecule has 0 bridgehead atoms. The highest BCUT2D eigenvalue weighted by Crippen LogP contribution is 2.56. The van der Waals surface area contributed by atoms with Crippen molar-refractivity contribution in [2.24, 2.45) is 0 Å². The van der Waals surface area contributed by atoms with Crippen LogP contribution in [0, 0.1) is 0 Å². The topological polar surface area (TPSA) is 30.2 Å². The predicted octanol–water partition coefficient (Wildman–Crippen LogP) is 11.9. The molecule has 10 aromatic rings. The van der Waals surface area contributed by atoms with Gasteiger partial charge in [-0.3, -0.25) is 9.38 Å². The molecule has 0 unspecified atom stereocenters. The van der Waals surface area contributed by atoms with Crippen LogP contribution in [-0.2, 0) is 5.41 Å². The summed E-state index contributed by atoms with van der Waals surface area (Å²) in [4.78, 5) is 9.21. The zero-order valence-electron chi connectivity index (χ0n) is 28.2. The minimum Gasteiger partial charge on any atom is -0.300 e. The highest BCUT2D eigenvalue weighted by Gasteiger charge is 2.46. The average molecular weight is 662 g/mol. The van der Waals surface area contributed by atoms with Gasteiger partial charge >= 0.3 is 0 Å². The van der Waals surface area contributed by atoms with Gasteiger partial charge in [-0.15, -0.1) is 0 Å². The van der Waals surface area contributed by atoms with E-state index in [4.69, 9.17) is 4.98 Å². The molecule has 0 saturated carbocycles. The Morgan fingerprint density at radius 3 is 1.88 bits per heavy atom. The minimum absolute atomic E-state index is 0.421. The predicted molar refractivity (Wildman–Crippen MR) is 214 cm³/mol. The molecule has 0 spiro atoms. The van der Waals surface area contributed by atoms with Crippen molar-refractivity contribution in [2.75, 3.05) is 0 Å². The smallest absolute Gasteiger partial charge is 0.138 e. The number of hydrogen-bond acceptors (Lipinski definition) is 2. The van der Waals surface area contributed by atoms with Crippen molar-refractivity contribution in [1.29, 1.82) is 0 Å². The fourth-order valence-corrected chi connectivity index (χ4v) is 8.80. The van der Waals surface area contributed by atoms with E-state index in [1.807, 2.05) is 24.5 Å². The maximum absolute atomic E-state index is 5.03. The molecule has 0 atom stereocenters. The first-order valence-corrected chi connectivity index (χ1v) is 17.8. The summed E-state index contributed by atoms with van der Waals surface area (Å²) in [5.41, 5.74) is 15.1. The lowest BCUT2D eigenvalue weighted by atomic mass is 9.67.